The molecule has 0 spiro atoms. The molecule has 0 amide bonds. The lowest BCUT2D eigenvalue weighted by Crippen LogP contribution is -2.35. The molecule has 2 unspecified atom stereocenters. The molecule has 0 saturated heterocycles. The predicted octanol–water partition coefficient (Wildman–Crippen LogP) is 2.55. The van der Waals surface area contributed by atoms with Crippen molar-refractivity contribution in [3.05, 3.63) is 28.3 Å². The van der Waals surface area contributed by atoms with Crippen LogP contribution in [0.15, 0.2) is 12.1 Å². The van der Waals surface area contributed by atoms with Crippen LogP contribution >= 0.6 is 11.6 Å². The minimum absolute atomic E-state index is 0.164. The molecule has 0 saturated carbocycles. The molecule has 0 aromatic heterocycles. The molecule has 1 aliphatic heterocycles. The zero-order valence-corrected chi connectivity index (χ0v) is 9.84. The number of hydrogen-bond donors (Lipinski definition) is 1. The normalized spacial score (nSPS) is 21.7. The van der Waals surface area contributed by atoms with E-state index in [1.165, 1.54) is 5.56 Å². The first-order valence-corrected chi connectivity index (χ1v) is 5.63. The minimum atomic E-state index is 0.164. The third-order valence-corrected chi connectivity index (χ3v) is 3.20. The van der Waals surface area contributed by atoms with E-state index in [-0.39, 0.29) is 6.04 Å². The quantitative estimate of drug-likeness (QED) is 0.797. The van der Waals surface area contributed by atoms with E-state index >= 15 is 0 Å². The average Bonchev–Trinajstić information content (AvgIpc) is 2.16. The highest BCUT2D eigenvalue weighted by Gasteiger charge is 2.24. The van der Waals surface area contributed by atoms with E-state index in [4.69, 9.17) is 22.1 Å². The van der Waals surface area contributed by atoms with Crippen molar-refractivity contribution in [2.45, 2.75) is 26.3 Å². The zero-order valence-electron chi connectivity index (χ0n) is 9.09. The number of hydrogen-bond acceptors (Lipinski definition) is 2. The lowest BCUT2D eigenvalue weighted by Gasteiger charge is -2.29. The summed E-state index contributed by atoms with van der Waals surface area (Å²) in [5, 5.41) is 0.778. The maximum absolute atomic E-state index is 6.02. The van der Waals surface area contributed by atoms with Gasteiger partial charge in [-0.25, -0.2) is 0 Å². The van der Waals surface area contributed by atoms with Gasteiger partial charge in [-0.3, -0.25) is 0 Å². The first-order chi connectivity index (χ1) is 7.08. The Morgan fingerprint density at radius 3 is 2.93 bits per heavy atom. The minimum Gasteiger partial charge on any atom is -0.493 e. The molecule has 1 heterocycles. The molecule has 1 aliphatic rings. The number of nitrogens with two attached hydrogens (primary N) is 1. The third-order valence-electron chi connectivity index (χ3n) is 2.98. The van der Waals surface area contributed by atoms with E-state index in [0.717, 1.165) is 22.8 Å². The summed E-state index contributed by atoms with van der Waals surface area (Å²) in [6.45, 7) is 4.76. The third kappa shape index (κ3) is 2.11. The van der Waals surface area contributed by atoms with Crippen LogP contribution < -0.4 is 10.5 Å². The molecule has 2 atom stereocenters. The molecular formula is C12H16ClNO. The Morgan fingerprint density at radius 1 is 1.53 bits per heavy atom. The molecule has 1 aromatic carbocycles. The van der Waals surface area contributed by atoms with Crippen LogP contribution in [0.2, 0.25) is 5.02 Å². The number of aryl methyl sites for hydroxylation is 1. The molecule has 82 valence electrons. The highest BCUT2D eigenvalue weighted by molar-refractivity contribution is 6.30. The number of ether oxygens (including phenoxy) is 1. The van der Waals surface area contributed by atoms with Crippen molar-refractivity contribution in [3.8, 4) is 5.75 Å². The van der Waals surface area contributed by atoms with Gasteiger partial charge in [0.1, 0.15) is 5.75 Å². The Balaban J connectivity index is 2.33. The molecule has 2 rings (SSSR count). The molecule has 3 heteroatoms. The fraction of sp³-hybridized carbons (Fsp3) is 0.500. The standard InChI is InChI=1S/C12H16ClNO/c1-7-3-11(13)5-9-4-10(8(2)14)6-15-12(7)9/h3,5,8,10H,4,6,14H2,1-2H3. The van der Waals surface area contributed by atoms with E-state index < -0.39 is 0 Å². The van der Waals surface area contributed by atoms with Crippen LogP contribution in [0.4, 0.5) is 0 Å². The van der Waals surface area contributed by atoms with Crippen molar-refractivity contribution < 1.29 is 4.74 Å². The fourth-order valence-electron chi connectivity index (χ4n) is 2.03. The summed E-state index contributed by atoms with van der Waals surface area (Å²) in [6.07, 6.45) is 0.967. The van der Waals surface area contributed by atoms with Gasteiger partial charge in [0.25, 0.3) is 0 Å². The molecule has 0 fully saturated rings. The van der Waals surface area contributed by atoms with Crippen LogP contribution in [0.5, 0.6) is 5.75 Å². The molecule has 2 N–H and O–H groups in total. The van der Waals surface area contributed by atoms with Gasteiger partial charge in [0.15, 0.2) is 0 Å². The van der Waals surface area contributed by atoms with Crippen LogP contribution in [0.1, 0.15) is 18.1 Å². The van der Waals surface area contributed by atoms with Gasteiger partial charge in [-0.1, -0.05) is 11.6 Å². The SMILES string of the molecule is Cc1cc(Cl)cc2c1OCC(C(C)N)C2. The second-order valence-electron chi connectivity index (χ2n) is 4.35. The Kier molecular flexibility index (Phi) is 2.89. The molecule has 1 aromatic rings. The van der Waals surface area contributed by atoms with E-state index in [1.54, 1.807) is 0 Å². The van der Waals surface area contributed by atoms with Gasteiger partial charge < -0.3 is 10.5 Å². The van der Waals surface area contributed by atoms with Gasteiger partial charge in [0, 0.05) is 17.0 Å². The molecule has 0 radical (unpaired) electrons. The largest absolute Gasteiger partial charge is 0.493 e. The zero-order chi connectivity index (χ0) is 11.0. The van der Waals surface area contributed by atoms with Crippen LogP contribution in [-0.2, 0) is 6.42 Å². The molecular weight excluding hydrogens is 210 g/mol. The first-order valence-electron chi connectivity index (χ1n) is 5.25. The summed E-state index contributed by atoms with van der Waals surface area (Å²) in [5.41, 5.74) is 8.19. The van der Waals surface area contributed by atoms with E-state index in [1.807, 2.05) is 26.0 Å². The smallest absolute Gasteiger partial charge is 0.125 e. The maximum Gasteiger partial charge on any atom is 0.125 e. The van der Waals surface area contributed by atoms with Crippen molar-refractivity contribution in [1.29, 1.82) is 0 Å². The molecule has 0 bridgehead atoms. The van der Waals surface area contributed by atoms with Crippen molar-refractivity contribution in [3.63, 3.8) is 0 Å². The summed E-state index contributed by atoms with van der Waals surface area (Å²) in [4.78, 5) is 0. The highest BCUT2D eigenvalue weighted by atomic mass is 35.5. The molecule has 2 nitrogen and oxygen atoms in total. The lowest BCUT2D eigenvalue weighted by atomic mass is 9.91. The Morgan fingerprint density at radius 2 is 2.27 bits per heavy atom. The van der Waals surface area contributed by atoms with E-state index in [0.29, 0.717) is 12.5 Å². The van der Waals surface area contributed by atoms with Gasteiger partial charge in [-0.05, 0) is 43.5 Å². The second kappa shape index (κ2) is 4.03. The Bertz CT molecular complexity index is 376. The monoisotopic (exact) mass is 225 g/mol. The summed E-state index contributed by atoms with van der Waals surface area (Å²) in [6, 6.07) is 4.09. The number of benzene rings is 1. The van der Waals surface area contributed by atoms with Crippen LogP contribution in [0.3, 0.4) is 0 Å². The lowest BCUT2D eigenvalue weighted by molar-refractivity contribution is 0.203. The van der Waals surface area contributed by atoms with Crippen molar-refractivity contribution >= 4 is 11.6 Å². The van der Waals surface area contributed by atoms with Gasteiger partial charge in [-0.2, -0.15) is 0 Å². The van der Waals surface area contributed by atoms with Crippen molar-refractivity contribution in [2.75, 3.05) is 6.61 Å². The Labute approximate surface area is 95.4 Å². The first kappa shape index (κ1) is 10.8. The van der Waals surface area contributed by atoms with Crippen molar-refractivity contribution in [1.82, 2.24) is 0 Å². The summed E-state index contributed by atoms with van der Waals surface area (Å²) in [5.74, 6) is 1.40. The number of rotatable bonds is 1. The summed E-state index contributed by atoms with van der Waals surface area (Å²) < 4.78 is 5.74. The summed E-state index contributed by atoms with van der Waals surface area (Å²) >= 11 is 6.02. The van der Waals surface area contributed by atoms with E-state index in [2.05, 4.69) is 0 Å². The summed E-state index contributed by atoms with van der Waals surface area (Å²) in [7, 11) is 0. The number of halogens is 1. The topological polar surface area (TPSA) is 35.2 Å². The van der Waals surface area contributed by atoms with Gasteiger partial charge >= 0.3 is 0 Å². The van der Waals surface area contributed by atoms with Crippen LogP contribution in [-0.4, -0.2) is 12.6 Å². The van der Waals surface area contributed by atoms with Crippen molar-refractivity contribution in [2.24, 2.45) is 11.7 Å². The predicted molar refractivity (Wildman–Crippen MR) is 62.5 cm³/mol. The average molecular weight is 226 g/mol. The fourth-order valence-corrected chi connectivity index (χ4v) is 2.32. The molecule has 0 aliphatic carbocycles. The van der Waals surface area contributed by atoms with Crippen LogP contribution in [0.25, 0.3) is 0 Å². The van der Waals surface area contributed by atoms with Crippen LogP contribution in [0, 0.1) is 12.8 Å². The second-order valence-corrected chi connectivity index (χ2v) is 4.78. The highest BCUT2D eigenvalue weighted by Crippen LogP contribution is 2.33. The van der Waals surface area contributed by atoms with Gasteiger partial charge in [0.05, 0.1) is 6.61 Å². The number of fused-ring (bicyclic) bond motifs is 1. The maximum atomic E-state index is 6.02. The van der Waals surface area contributed by atoms with E-state index in [9.17, 15) is 0 Å². The Hall–Kier alpha value is -0.730. The van der Waals surface area contributed by atoms with Gasteiger partial charge in [0.2, 0.25) is 0 Å². The molecule has 15 heavy (non-hydrogen) atoms. The van der Waals surface area contributed by atoms with Gasteiger partial charge in [-0.15, -0.1) is 0 Å².